The Morgan fingerprint density at radius 1 is 1.24 bits per heavy atom. The summed E-state index contributed by atoms with van der Waals surface area (Å²) in [6, 6.07) is 10.3. The van der Waals surface area contributed by atoms with Crippen molar-refractivity contribution in [2.24, 2.45) is 0 Å². The Morgan fingerprint density at radius 2 is 2.00 bits per heavy atom. The second-order valence-electron chi connectivity index (χ2n) is 6.31. The van der Waals surface area contributed by atoms with Gasteiger partial charge in [-0.3, -0.25) is 9.48 Å². The highest BCUT2D eigenvalue weighted by atomic mass is 32.1. The zero-order valence-electron chi connectivity index (χ0n) is 14.7. The standard InChI is InChI=1S/C19H22N4OS/c1-14(2)23-11-17(9-21-23)19(24)22(10-16-7-5-4-6-8-16)12-18-15(3)20-13-25-18/h4-9,11,13-14H,10,12H2,1-3H3. The first-order chi connectivity index (χ1) is 12.0. The zero-order valence-corrected chi connectivity index (χ0v) is 15.5. The molecule has 0 aliphatic heterocycles. The molecule has 3 rings (SSSR count). The zero-order chi connectivity index (χ0) is 17.8. The average Bonchev–Trinajstić information content (AvgIpc) is 3.24. The number of carbonyl (C=O) groups excluding carboxylic acids is 1. The molecule has 0 spiro atoms. The lowest BCUT2D eigenvalue weighted by molar-refractivity contribution is 0.0731. The van der Waals surface area contributed by atoms with Crippen molar-refractivity contribution in [2.45, 2.75) is 39.9 Å². The smallest absolute Gasteiger partial charge is 0.257 e. The maximum atomic E-state index is 13.1. The van der Waals surface area contributed by atoms with Crippen LogP contribution in [0.15, 0.2) is 48.2 Å². The topological polar surface area (TPSA) is 51.0 Å². The SMILES string of the molecule is Cc1ncsc1CN(Cc1ccccc1)C(=O)c1cnn(C(C)C)c1. The van der Waals surface area contributed by atoms with Crippen molar-refractivity contribution in [3.63, 3.8) is 0 Å². The summed E-state index contributed by atoms with van der Waals surface area (Å²) in [5, 5.41) is 4.30. The minimum Gasteiger partial charge on any atom is -0.329 e. The minimum atomic E-state index is -0.0106. The van der Waals surface area contributed by atoms with Crippen molar-refractivity contribution >= 4 is 17.2 Å². The van der Waals surface area contributed by atoms with Crippen LogP contribution >= 0.6 is 11.3 Å². The van der Waals surface area contributed by atoms with E-state index in [-0.39, 0.29) is 11.9 Å². The van der Waals surface area contributed by atoms with Crippen LogP contribution in [0.3, 0.4) is 0 Å². The van der Waals surface area contributed by atoms with Crippen LogP contribution in [0, 0.1) is 6.92 Å². The Balaban J connectivity index is 1.86. The molecule has 1 amide bonds. The third-order valence-electron chi connectivity index (χ3n) is 4.06. The predicted molar refractivity (Wildman–Crippen MR) is 99.5 cm³/mol. The van der Waals surface area contributed by atoms with Gasteiger partial charge >= 0.3 is 0 Å². The number of aryl methyl sites for hydroxylation is 1. The van der Waals surface area contributed by atoms with Crippen molar-refractivity contribution in [3.8, 4) is 0 Å². The van der Waals surface area contributed by atoms with E-state index in [0.717, 1.165) is 16.1 Å². The molecule has 2 aromatic heterocycles. The normalized spacial score (nSPS) is 11.0. The second-order valence-corrected chi connectivity index (χ2v) is 7.25. The van der Waals surface area contributed by atoms with E-state index in [2.05, 4.69) is 10.1 Å². The van der Waals surface area contributed by atoms with Crippen molar-refractivity contribution in [3.05, 3.63) is 69.9 Å². The highest BCUT2D eigenvalue weighted by Crippen LogP contribution is 2.19. The summed E-state index contributed by atoms with van der Waals surface area (Å²) in [7, 11) is 0. The molecule has 0 saturated carbocycles. The lowest BCUT2D eigenvalue weighted by Gasteiger charge is -2.22. The van der Waals surface area contributed by atoms with Gasteiger partial charge in [0.25, 0.3) is 5.91 Å². The molecule has 1 aromatic carbocycles. The van der Waals surface area contributed by atoms with Gasteiger partial charge in [-0.25, -0.2) is 4.98 Å². The van der Waals surface area contributed by atoms with Crippen LogP contribution < -0.4 is 0 Å². The fraction of sp³-hybridized carbons (Fsp3) is 0.316. The van der Waals surface area contributed by atoms with Crippen LogP contribution in [0.4, 0.5) is 0 Å². The summed E-state index contributed by atoms with van der Waals surface area (Å²) >= 11 is 1.59. The molecule has 2 heterocycles. The molecule has 3 aromatic rings. The number of hydrogen-bond donors (Lipinski definition) is 0. The Kier molecular flexibility index (Phi) is 5.28. The lowest BCUT2D eigenvalue weighted by atomic mass is 10.2. The number of benzene rings is 1. The number of carbonyl (C=O) groups is 1. The van der Waals surface area contributed by atoms with Gasteiger partial charge in [0.15, 0.2) is 0 Å². The lowest BCUT2D eigenvalue weighted by Crippen LogP contribution is -2.30. The Morgan fingerprint density at radius 3 is 2.60 bits per heavy atom. The Bertz CT molecular complexity index is 838. The highest BCUT2D eigenvalue weighted by molar-refractivity contribution is 7.09. The van der Waals surface area contributed by atoms with Gasteiger partial charge in [-0.1, -0.05) is 30.3 Å². The third-order valence-corrected chi connectivity index (χ3v) is 4.98. The fourth-order valence-corrected chi connectivity index (χ4v) is 3.36. The van der Waals surface area contributed by atoms with Gasteiger partial charge in [0.05, 0.1) is 29.5 Å². The second kappa shape index (κ2) is 7.61. The van der Waals surface area contributed by atoms with Gasteiger partial charge in [0, 0.05) is 23.7 Å². The van der Waals surface area contributed by atoms with Gasteiger partial charge in [0.2, 0.25) is 0 Å². The van der Waals surface area contributed by atoms with E-state index in [1.807, 2.05) is 72.4 Å². The summed E-state index contributed by atoms with van der Waals surface area (Å²) in [6.07, 6.45) is 3.48. The number of thiazole rings is 1. The van der Waals surface area contributed by atoms with E-state index in [1.165, 1.54) is 0 Å². The number of aromatic nitrogens is 3. The van der Waals surface area contributed by atoms with Crippen LogP contribution in [-0.4, -0.2) is 25.6 Å². The molecule has 0 bridgehead atoms. The monoisotopic (exact) mass is 354 g/mol. The molecule has 5 nitrogen and oxygen atoms in total. The summed E-state index contributed by atoms with van der Waals surface area (Å²) in [5.74, 6) is -0.0106. The first kappa shape index (κ1) is 17.4. The van der Waals surface area contributed by atoms with Gasteiger partial charge < -0.3 is 4.90 Å². The summed E-state index contributed by atoms with van der Waals surface area (Å²) in [4.78, 5) is 20.3. The average molecular weight is 354 g/mol. The van der Waals surface area contributed by atoms with Crippen molar-refractivity contribution in [1.29, 1.82) is 0 Å². The van der Waals surface area contributed by atoms with Gasteiger partial charge in [0.1, 0.15) is 0 Å². The molecule has 0 radical (unpaired) electrons. The van der Waals surface area contributed by atoms with E-state index in [4.69, 9.17) is 0 Å². The number of rotatable bonds is 6. The first-order valence-electron chi connectivity index (χ1n) is 8.31. The molecule has 130 valence electrons. The van der Waals surface area contributed by atoms with E-state index in [0.29, 0.717) is 18.7 Å². The molecule has 0 unspecified atom stereocenters. The van der Waals surface area contributed by atoms with E-state index < -0.39 is 0 Å². The van der Waals surface area contributed by atoms with Gasteiger partial charge in [-0.15, -0.1) is 11.3 Å². The van der Waals surface area contributed by atoms with Gasteiger partial charge in [-0.2, -0.15) is 5.10 Å². The minimum absolute atomic E-state index is 0.0106. The van der Waals surface area contributed by atoms with E-state index in [9.17, 15) is 4.79 Å². The molecule has 6 heteroatoms. The quantitative estimate of drug-likeness (QED) is 0.670. The summed E-state index contributed by atoms with van der Waals surface area (Å²) < 4.78 is 1.81. The van der Waals surface area contributed by atoms with Crippen LogP contribution in [-0.2, 0) is 13.1 Å². The van der Waals surface area contributed by atoms with E-state index in [1.54, 1.807) is 17.5 Å². The maximum absolute atomic E-state index is 13.1. The van der Waals surface area contributed by atoms with Crippen molar-refractivity contribution in [1.82, 2.24) is 19.7 Å². The highest BCUT2D eigenvalue weighted by Gasteiger charge is 2.20. The molecule has 0 fully saturated rings. The van der Waals surface area contributed by atoms with Crippen LogP contribution in [0.25, 0.3) is 0 Å². The molecule has 0 saturated heterocycles. The van der Waals surface area contributed by atoms with Crippen LogP contribution in [0.1, 0.15) is 46.4 Å². The summed E-state index contributed by atoms with van der Waals surface area (Å²) in [5.41, 5.74) is 4.53. The molecular weight excluding hydrogens is 332 g/mol. The molecule has 0 aliphatic carbocycles. The van der Waals surface area contributed by atoms with Gasteiger partial charge in [-0.05, 0) is 26.3 Å². The van der Waals surface area contributed by atoms with Crippen molar-refractivity contribution in [2.75, 3.05) is 0 Å². The number of hydrogen-bond acceptors (Lipinski definition) is 4. The predicted octanol–water partition coefficient (Wildman–Crippen LogP) is 4.07. The first-order valence-corrected chi connectivity index (χ1v) is 9.19. The summed E-state index contributed by atoms with van der Waals surface area (Å²) in [6.45, 7) is 7.18. The van der Waals surface area contributed by atoms with E-state index >= 15 is 0 Å². The van der Waals surface area contributed by atoms with Crippen LogP contribution in [0.2, 0.25) is 0 Å². The number of amides is 1. The largest absolute Gasteiger partial charge is 0.329 e. The molecule has 0 atom stereocenters. The molecular formula is C19H22N4OS. The van der Waals surface area contributed by atoms with Crippen LogP contribution in [0.5, 0.6) is 0 Å². The fourth-order valence-electron chi connectivity index (χ4n) is 2.57. The maximum Gasteiger partial charge on any atom is 0.257 e. The molecule has 0 N–H and O–H groups in total. The van der Waals surface area contributed by atoms with Crippen molar-refractivity contribution < 1.29 is 4.79 Å². The molecule has 0 aliphatic rings. The Labute approximate surface area is 151 Å². The molecule has 25 heavy (non-hydrogen) atoms. The number of nitrogens with zero attached hydrogens (tertiary/aromatic N) is 4. The third kappa shape index (κ3) is 4.14. The Hall–Kier alpha value is -2.47.